The van der Waals surface area contributed by atoms with E-state index in [1.54, 1.807) is 30.3 Å². The molecule has 5 heteroatoms. The molecule has 0 atom stereocenters. The Morgan fingerprint density at radius 2 is 1.50 bits per heavy atom. The molecule has 0 aromatic heterocycles. The standard InChI is InChI=1S/C13H6Cl4O/c14-9-2-7(6-18)1-8(3-9)11-4-10(15)5-12(16)13(11)17/h1-6H. The Bertz CT molecular complexity index is 623. The lowest BCUT2D eigenvalue weighted by atomic mass is 10.0. The Balaban J connectivity index is 2.68. The maximum Gasteiger partial charge on any atom is 0.150 e. The number of carbonyl (C=O) groups excluding carboxylic acids is 1. The van der Waals surface area contributed by atoms with E-state index in [9.17, 15) is 4.79 Å². The van der Waals surface area contributed by atoms with Gasteiger partial charge in [-0.15, -0.1) is 0 Å². The largest absolute Gasteiger partial charge is 0.298 e. The van der Waals surface area contributed by atoms with E-state index in [0.29, 0.717) is 36.8 Å². The zero-order valence-corrected chi connectivity index (χ0v) is 11.9. The average Bonchev–Trinajstić information content (AvgIpc) is 2.32. The van der Waals surface area contributed by atoms with Crippen molar-refractivity contribution in [2.45, 2.75) is 0 Å². The van der Waals surface area contributed by atoms with Crippen molar-refractivity contribution in [2.75, 3.05) is 0 Å². The van der Waals surface area contributed by atoms with Crippen molar-refractivity contribution in [1.82, 2.24) is 0 Å². The van der Waals surface area contributed by atoms with Crippen LogP contribution in [-0.4, -0.2) is 6.29 Å². The third-order valence-electron chi connectivity index (χ3n) is 2.36. The molecule has 2 rings (SSSR count). The Kier molecular flexibility index (Phi) is 4.18. The van der Waals surface area contributed by atoms with Gasteiger partial charge in [0.05, 0.1) is 10.0 Å². The fraction of sp³-hybridized carbons (Fsp3) is 0. The minimum absolute atomic E-state index is 0.354. The molecule has 0 fully saturated rings. The summed E-state index contributed by atoms with van der Waals surface area (Å²) in [6.45, 7) is 0. The average molecular weight is 320 g/mol. The predicted octanol–water partition coefficient (Wildman–Crippen LogP) is 5.78. The van der Waals surface area contributed by atoms with Gasteiger partial charge in [0, 0.05) is 21.2 Å². The Labute approximate surface area is 124 Å². The quantitative estimate of drug-likeness (QED) is 0.506. The van der Waals surface area contributed by atoms with Gasteiger partial charge in [0.25, 0.3) is 0 Å². The first-order chi connectivity index (χ1) is 8.51. The molecule has 0 bridgehead atoms. The summed E-state index contributed by atoms with van der Waals surface area (Å²) in [6, 6.07) is 8.17. The van der Waals surface area contributed by atoms with Crippen LogP contribution >= 0.6 is 46.4 Å². The van der Waals surface area contributed by atoms with E-state index in [1.165, 1.54) is 0 Å². The molecule has 0 aliphatic rings. The third-order valence-corrected chi connectivity index (χ3v) is 3.60. The first-order valence-electron chi connectivity index (χ1n) is 4.92. The number of rotatable bonds is 2. The topological polar surface area (TPSA) is 17.1 Å². The second kappa shape index (κ2) is 5.50. The van der Waals surface area contributed by atoms with Crippen LogP contribution in [0.2, 0.25) is 20.1 Å². The second-order valence-corrected chi connectivity index (χ2v) is 5.30. The van der Waals surface area contributed by atoms with Crippen LogP contribution in [0, 0.1) is 0 Å². The molecule has 0 heterocycles. The molecule has 0 spiro atoms. The van der Waals surface area contributed by atoms with Crippen molar-refractivity contribution >= 4 is 52.7 Å². The molecule has 0 saturated heterocycles. The molecule has 0 N–H and O–H groups in total. The highest BCUT2D eigenvalue weighted by Gasteiger charge is 2.10. The summed E-state index contributed by atoms with van der Waals surface area (Å²) in [4.78, 5) is 10.8. The lowest BCUT2D eigenvalue weighted by molar-refractivity contribution is 0.112. The van der Waals surface area contributed by atoms with Crippen molar-refractivity contribution in [3.8, 4) is 11.1 Å². The van der Waals surface area contributed by atoms with E-state index in [2.05, 4.69) is 0 Å². The van der Waals surface area contributed by atoms with Crippen LogP contribution < -0.4 is 0 Å². The molecular weight excluding hydrogens is 314 g/mol. The smallest absolute Gasteiger partial charge is 0.150 e. The first-order valence-corrected chi connectivity index (χ1v) is 6.43. The first kappa shape index (κ1) is 13.7. The SMILES string of the molecule is O=Cc1cc(Cl)cc(-c2cc(Cl)cc(Cl)c2Cl)c1. The van der Waals surface area contributed by atoms with Gasteiger partial charge in [-0.1, -0.05) is 46.4 Å². The van der Waals surface area contributed by atoms with Crippen molar-refractivity contribution in [3.05, 3.63) is 56.0 Å². The third kappa shape index (κ3) is 2.81. The fourth-order valence-corrected chi connectivity index (χ4v) is 2.56. The van der Waals surface area contributed by atoms with Crippen LogP contribution in [0.4, 0.5) is 0 Å². The molecule has 2 aromatic rings. The number of hydrogen-bond donors (Lipinski definition) is 0. The number of hydrogen-bond acceptors (Lipinski definition) is 1. The van der Waals surface area contributed by atoms with Crippen molar-refractivity contribution in [3.63, 3.8) is 0 Å². The summed E-state index contributed by atoms with van der Waals surface area (Å²) in [6.07, 6.45) is 0.718. The van der Waals surface area contributed by atoms with Crippen molar-refractivity contribution in [2.24, 2.45) is 0 Å². The van der Waals surface area contributed by atoms with Gasteiger partial charge >= 0.3 is 0 Å². The molecule has 0 unspecified atom stereocenters. The molecule has 0 amide bonds. The van der Waals surface area contributed by atoms with E-state index in [0.717, 1.165) is 6.29 Å². The Morgan fingerprint density at radius 1 is 0.833 bits per heavy atom. The van der Waals surface area contributed by atoms with Crippen LogP contribution in [0.1, 0.15) is 10.4 Å². The summed E-state index contributed by atoms with van der Waals surface area (Å²) >= 11 is 24.0. The summed E-state index contributed by atoms with van der Waals surface area (Å²) in [5.41, 5.74) is 1.79. The second-order valence-electron chi connectivity index (χ2n) is 3.64. The van der Waals surface area contributed by atoms with Gasteiger partial charge in [-0.25, -0.2) is 0 Å². The molecule has 0 aliphatic heterocycles. The highest BCUT2D eigenvalue weighted by Crippen LogP contribution is 2.37. The predicted molar refractivity (Wildman–Crippen MR) is 77.3 cm³/mol. The highest BCUT2D eigenvalue weighted by molar-refractivity contribution is 6.45. The number of benzene rings is 2. The molecule has 92 valence electrons. The van der Waals surface area contributed by atoms with Crippen LogP contribution in [-0.2, 0) is 0 Å². The molecular formula is C13H6Cl4O. The summed E-state index contributed by atoms with van der Waals surface area (Å²) in [7, 11) is 0. The lowest BCUT2D eigenvalue weighted by Crippen LogP contribution is -1.86. The molecule has 1 nitrogen and oxygen atoms in total. The van der Waals surface area contributed by atoms with E-state index >= 15 is 0 Å². The van der Waals surface area contributed by atoms with E-state index < -0.39 is 0 Å². The normalized spacial score (nSPS) is 10.4. The number of halogens is 4. The van der Waals surface area contributed by atoms with E-state index in [4.69, 9.17) is 46.4 Å². The van der Waals surface area contributed by atoms with Crippen LogP contribution in [0.5, 0.6) is 0 Å². The van der Waals surface area contributed by atoms with Gasteiger partial charge in [-0.3, -0.25) is 4.79 Å². The number of aldehydes is 1. The Hall–Kier alpha value is -0.730. The lowest BCUT2D eigenvalue weighted by Gasteiger charge is -2.08. The monoisotopic (exact) mass is 318 g/mol. The van der Waals surface area contributed by atoms with E-state index in [-0.39, 0.29) is 0 Å². The molecule has 0 saturated carbocycles. The van der Waals surface area contributed by atoms with Crippen LogP contribution in [0.25, 0.3) is 11.1 Å². The van der Waals surface area contributed by atoms with Gasteiger partial charge in [0.1, 0.15) is 6.29 Å². The van der Waals surface area contributed by atoms with Crippen molar-refractivity contribution in [1.29, 1.82) is 0 Å². The zero-order chi connectivity index (χ0) is 13.3. The number of carbonyl (C=O) groups is 1. The van der Waals surface area contributed by atoms with Crippen molar-refractivity contribution < 1.29 is 4.79 Å². The summed E-state index contributed by atoms with van der Waals surface area (Å²) in [5.74, 6) is 0. The minimum atomic E-state index is 0.354. The van der Waals surface area contributed by atoms with Gasteiger partial charge in [-0.2, -0.15) is 0 Å². The summed E-state index contributed by atoms with van der Waals surface area (Å²) < 4.78 is 0. The van der Waals surface area contributed by atoms with Gasteiger partial charge in [0.15, 0.2) is 0 Å². The van der Waals surface area contributed by atoms with Gasteiger partial charge < -0.3 is 0 Å². The maximum absolute atomic E-state index is 10.8. The molecule has 2 aromatic carbocycles. The van der Waals surface area contributed by atoms with Crippen LogP contribution in [0.15, 0.2) is 30.3 Å². The fourth-order valence-electron chi connectivity index (χ4n) is 1.60. The minimum Gasteiger partial charge on any atom is -0.298 e. The molecule has 18 heavy (non-hydrogen) atoms. The van der Waals surface area contributed by atoms with E-state index in [1.807, 2.05) is 0 Å². The van der Waals surface area contributed by atoms with Gasteiger partial charge in [-0.05, 0) is 35.9 Å². The summed E-state index contributed by atoms with van der Waals surface area (Å²) in [5, 5.41) is 1.64. The molecule has 0 radical (unpaired) electrons. The Morgan fingerprint density at radius 3 is 2.17 bits per heavy atom. The molecule has 0 aliphatic carbocycles. The van der Waals surface area contributed by atoms with Gasteiger partial charge in [0.2, 0.25) is 0 Å². The highest BCUT2D eigenvalue weighted by atomic mass is 35.5. The zero-order valence-electron chi connectivity index (χ0n) is 8.88. The van der Waals surface area contributed by atoms with Crippen LogP contribution in [0.3, 0.4) is 0 Å². The maximum atomic E-state index is 10.8.